The van der Waals surface area contributed by atoms with Gasteiger partial charge in [-0.25, -0.2) is 0 Å². The fourth-order valence-corrected chi connectivity index (χ4v) is 1.02. The number of ether oxygens (including phenoxy) is 2. The Morgan fingerprint density at radius 3 is 1.00 bits per heavy atom. The predicted molar refractivity (Wildman–Crippen MR) is 51.8 cm³/mol. The summed E-state index contributed by atoms with van der Waals surface area (Å²) in [5.41, 5.74) is 0. The van der Waals surface area contributed by atoms with Gasteiger partial charge in [0.25, 0.3) is 0 Å². The summed E-state index contributed by atoms with van der Waals surface area (Å²) in [5, 5.41) is 0. The number of hydrogen-bond donors (Lipinski definition) is 0. The molecule has 2 rings (SSSR count). The SMILES string of the molecule is C1CCOC1.C1CCOC1.[Cl][Yb][Cl]. The van der Waals surface area contributed by atoms with Crippen LogP contribution in [0.25, 0.3) is 0 Å². The van der Waals surface area contributed by atoms with Gasteiger partial charge in [0.1, 0.15) is 0 Å². The molecule has 0 saturated carbocycles. The first kappa shape index (κ1) is 15.0. The molecule has 2 fully saturated rings. The van der Waals surface area contributed by atoms with E-state index < -0.39 is 0 Å². The van der Waals surface area contributed by atoms with Crippen molar-refractivity contribution in [2.75, 3.05) is 26.4 Å². The van der Waals surface area contributed by atoms with Crippen LogP contribution < -0.4 is 0 Å². The van der Waals surface area contributed by atoms with Crippen LogP contribution in [0.5, 0.6) is 0 Å². The van der Waals surface area contributed by atoms with Crippen LogP contribution in [0, 0.1) is 38.9 Å². The van der Waals surface area contributed by atoms with E-state index in [0.717, 1.165) is 26.4 Å². The zero-order chi connectivity index (χ0) is 9.78. The van der Waals surface area contributed by atoms with Crippen molar-refractivity contribution in [3.63, 3.8) is 0 Å². The van der Waals surface area contributed by atoms with E-state index in [0.29, 0.717) is 0 Å². The third-order valence-electron chi connectivity index (χ3n) is 1.65. The molecule has 0 amide bonds. The van der Waals surface area contributed by atoms with E-state index in [2.05, 4.69) is 0 Å². The van der Waals surface area contributed by atoms with Crippen LogP contribution >= 0.6 is 9.27 Å². The quantitative estimate of drug-likeness (QED) is 0.636. The summed E-state index contributed by atoms with van der Waals surface area (Å²) in [5.74, 6) is 0. The van der Waals surface area contributed by atoms with E-state index in [1.165, 1.54) is 25.7 Å². The molecule has 0 aliphatic carbocycles. The first-order chi connectivity index (χ1) is 6.41. The summed E-state index contributed by atoms with van der Waals surface area (Å²) in [6.07, 6.45) is 5.11. The van der Waals surface area contributed by atoms with Crippen LogP contribution in [-0.2, 0) is 9.47 Å². The summed E-state index contributed by atoms with van der Waals surface area (Å²) in [4.78, 5) is 0. The van der Waals surface area contributed by atoms with Gasteiger partial charge in [-0.1, -0.05) is 0 Å². The summed E-state index contributed by atoms with van der Waals surface area (Å²) in [7, 11) is 0. The van der Waals surface area contributed by atoms with Gasteiger partial charge in [-0.2, -0.15) is 0 Å². The fourth-order valence-electron chi connectivity index (χ4n) is 1.02. The van der Waals surface area contributed by atoms with Crippen LogP contribution in [0.4, 0.5) is 0 Å². The molecule has 2 aliphatic heterocycles. The molecule has 0 unspecified atom stereocenters. The molecule has 0 bridgehead atoms. The normalized spacial score (nSPS) is 20.2. The van der Waals surface area contributed by atoms with Crippen molar-refractivity contribution in [3.8, 4) is 0 Å². The minimum atomic E-state index is -0.139. The molecular weight excluding hydrogens is 372 g/mol. The Morgan fingerprint density at radius 2 is 0.923 bits per heavy atom. The second kappa shape index (κ2) is 14.0. The average molecular weight is 388 g/mol. The van der Waals surface area contributed by atoms with Gasteiger partial charge >= 0.3 is 48.2 Å². The van der Waals surface area contributed by atoms with Crippen molar-refractivity contribution in [1.29, 1.82) is 0 Å². The monoisotopic (exact) mass is 388 g/mol. The second-order valence-corrected chi connectivity index (χ2v) is 5.19. The topological polar surface area (TPSA) is 18.5 Å². The summed E-state index contributed by atoms with van der Waals surface area (Å²) in [6, 6.07) is 0. The summed E-state index contributed by atoms with van der Waals surface area (Å²) in [6.45, 7) is 4.00. The Hall–Kier alpha value is 2.02. The van der Waals surface area contributed by atoms with Gasteiger partial charge in [0.05, 0.1) is 0 Å². The van der Waals surface area contributed by atoms with Crippen molar-refractivity contribution in [2.45, 2.75) is 25.7 Å². The molecule has 5 heteroatoms. The first-order valence-corrected chi connectivity index (χ1v) is 8.65. The van der Waals surface area contributed by atoms with Gasteiger partial charge in [0.2, 0.25) is 0 Å². The maximum absolute atomic E-state index is 4.94. The molecule has 0 aromatic heterocycles. The molecule has 13 heavy (non-hydrogen) atoms. The number of halogens is 2. The molecule has 2 heterocycles. The van der Waals surface area contributed by atoms with E-state index in [1.54, 1.807) is 0 Å². The van der Waals surface area contributed by atoms with Gasteiger partial charge < -0.3 is 9.47 Å². The summed E-state index contributed by atoms with van der Waals surface area (Å²) >= 11 is -0.139. The fraction of sp³-hybridized carbons (Fsp3) is 1.00. The van der Waals surface area contributed by atoms with Crippen molar-refractivity contribution in [2.24, 2.45) is 0 Å². The molecule has 2 nitrogen and oxygen atoms in total. The van der Waals surface area contributed by atoms with Crippen LogP contribution in [0.3, 0.4) is 0 Å². The van der Waals surface area contributed by atoms with E-state index in [1.807, 2.05) is 0 Å². The van der Waals surface area contributed by atoms with Gasteiger partial charge in [0, 0.05) is 26.4 Å². The molecule has 0 radical (unpaired) electrons. The second-order valence-electron chi connectivity index (χ2n) is 2.68. The van der Waals surface area contributed by atoms with Crippen molar-refractivity contribution in [1.82, 2.24) is 0 Å². The molecule has 0 atom stereocenters. The average Bonchev–Trinajstić information content (AvgIpc) is 2.85. The van der Waals surface area contributed by atoms with Crippen molar-refractivity contribution >= 4 is 9.27 Å². The van der Waals surface area contributed by atoms with Crippen LogP contribution in [0.2, 0.25) is 0 Å². The zero-order valence-electron chi connectivity index (χ0n) is 7.50. The van der Waals surface area contributed by atoms with Gasteiger partial charge in [0.15, 0.2) is 0 Å². The third kappa shape index (κ3) is 14.0. The molecule has 2 saturated heterocycles. The molecule has 0 spiro atoms. The molecule has 88 valence electrons. The van der Waals surface area contributed by atoms with Gasteiger partial charge in [-0.05, 0) is 25.7 Å². The maximum atomic E-state index is 4.94. The number of hydrogen-bond acceptors (Lipinski definition) is 2. The van der Waals surface area contributed by atoms with Crippen LogP contribution in [0.15, 0.2) is 0 Å². The van der Waals surface area contributed by atoms with Gasteiger partial charge in [-0.3, -0.25) is 0 Å². The third-order valence-corrected chi connectivity index (χ3v) is 1.65. The first-order valence-electron chi connectivity index (χ1n) is 4.36. The Morgan fingerprint density at radius 1 is 0.692 bits per heavy atom. The van der Waals surface area contributed by atoms with Crippen LogP contribution in [0.1, 0.15) is 25.7 Å². The van der Waals surface area contributed by atoms with E-state index in [9.17, 15) is 0 Å². The zero-order valence-corrected chi connectivity index (χ0v) is 10.7. The summed E-state index contributed by atoms with van der Waals surface area (Å²) < 4.78 is 19.5. The molecule has 0 N–H and O–H groups in total. The molecule has 2 aliphatic rings. The molecular formula is C8H16Cl2O2Yb. The Bertz CT molecular complexity index is 63.0. The Kier molecular flexibility index (Phi) is 16.2. The predicted octanol–water partition coefficient (Wildman–Crippen LogP) is 2.97. The van der Waals surface area contributed by atoms with Gasteiger partial charge in [-0.15, -0.1) is 0 Å². The Balaban J connectivity index is 0.000000174. The van der Waals surface area contributed by atoms with Crippen LogP contribution in [-0.4, -0.2) is 26.4 Å². The minimum absolute atomic E-state index is 0.139. The van der Waals surface area contributed by atoms with Crippen molar-refractivity contribution in [3.05, 3.63) is 0 Å². The number of rotatable bonds is 0. The van der Waals surface area contributed by atoms with E-state index in [-0.39, 0.29) is 38.9 Å². The van der Waals surface area contributed by atoms with E-state index >= 15 is 0 Å². The van der Waals surface area contributed by atoms with E-state index in [4.69, 9.17) is 18.7 Å². The molecule has 0 aromatic carbocycles. The standard InChI is InChI=1S/2C4H8O.2ClH.Yb/c2*1-2-4-5-3-1;;;/h2*1-4H2;2*1H;/q;;;;+2/p-2. The Labute approximate surface area is 108 Å². The van der Waals surface area contributed by atoms with Crippen molar-refractivity contribution < 1.29 is 48.4 Å². The molecule has 0 aromatic rings.